The molecule has 0 aromatic carbocycles. The Morgan fingerprint density at radius 3 is 1.79 bits per heavy atom. The largest absolute Gasteiger partial charge is 0.463 e. The van der Waals surface area contributed by atoms with E-state index < -0.39 is 104 Å². The molecular weight excluding hydrogens is 518 g/mol. The maximum absolute atomic E-state index is 12.0. The molecule has 2 rings (SSSR count). The molecule has 4 N–H and O–H groups in total. The minimum atomic E-state index is -1.75. The number of carbonyl (C=O) groups is 5. The summed E-state index contributed by atoms with van der Waals surface area (Å²) in [5, 5.41) is 33.1. The molecule has 0 aromatic rings. The summed E-state index contributed by atoms with van der Waals surface area (Å²) in [5.74, 6) is -3.94. The number of carbonyl (C=O) groups excluding carboxylic acids is 5. The number of nitrogens with one attached hydrogen (secondary N) is 1. The predicted molar refractivity (Wildman–Crippen MR) is 118 cm³/mol. The fourth-order valence-corrected chi connectivity index (χ4v) is 4.09. The lowest BCUT2D eigenvalue weighted by Gasteiger charge is -2.48. The molecule has 0 aliphatic carbocycles. The zero-order chi connectivity index (χ0) is 28.7. The predicted octanol–water partition coefficient (Wildman–Crippen LogP) is -2.97. The number of hydrogen-bond donors (Lipinski definition) is 4. The summed E-state index contributed by atoms with van der Waals surface area (Å²) in [7, 11) is 0. The molecule has 2 aliphatic rings. The Hall–Kier alpha value is -2.89. The van der Waals surface area contributed by atoms with Crippen LogP contribution in [-0.4, -0.2) is 120 Å². The normalized spacial score (nSPS) is 34.9. The van der Waals surface area contributed by atoms with Crippen LogP contribution in [0.3, 0.4) is 0 Å². The molecule has 0 spiro atoms. The van der Waals surface area contributed by atoms with E-state index in [1.54, 1.807) is 0 Å². The number of aliphatic hydroxyl groups excluding tert-OH is 3. The van der Waals surface area contributed by atoms with Gasteiger partial charge in [0.05, 0.1) is 6.61 Å². The number of aliphatic hydroxyl groups is 3. The molecule has 16 nitrogen and oxygen atoms in total. The van der Waals surface area contributed by atoms with Crippen LogP contribution in [0.5, 0.6) is 0 Å². The van der Waals surface area contributed by atoms with Gasteiger partial charge in [-0.2, -0.15) is 0 Å². The van der Waals surface area contributed by atoms with Gasteiger partial charge in [-0.05, 0) is 0 Å². The molecule has 38 heavy (non-hydrogen) atoms. The first-order valence-corrected chi connectivity index (χ1v) is 11.6. The highest BCUT2D eigenvalue weighted by Crippen LogP contribution is 2.33. The smallest absolute Gasteiger partial charge is 0.303 e. The summed E-state index contributed by atoms with van der Waals surface area (Å²) in [6, 6.07) is -1.41. The number of esters is 4. The highest BCUT2D eigenvalue weighted by Gasteiger charge is 2.55. The second kappa shape index (κ2) is 13.8. The van der Waals surface area contributed by atoms with E-state index in [4.69, 9.17) is 33.2 Å². The molecular formula is C22H33NO15. The van der Waals surface area contributed by atoms with Gasteiger partial charge in [-0.1, -0.05) is 0 Å². The highest BCUT2D eigenvalue weighted by atomic mass is 16.7. The van der Waals surface area contributed by atoms with Crippen molar-refractivity contribution in [3.63, 3.8) is 0 Å². The summed E-state index contributed by atoms with van der Waals surface area (Å²) in [4.78, 5) is 59.0. The molecule has 0 bridgehead atoms. The maximum Gasteiger partial charge on any atom is 0.303 e. The summed E-state index contributed by atoms with van der Waals surface area (Å²) in [5.41, 5.74) is 0. The van der Waals surface area contributed by atoms with E-state index in [1.165, 1.54) is 0 Å². The van der Waals surface area contributed by atoms with Gasteiger partial charge in [0.15, 0.2) is 30.9 Å². The number of amides is 1. The van der Waals surface area contributed by atoms with E-state index in [-0.39, 0.29) is 0 Å². The summed E-state index contributed by atoms with van der Waals surface area (Å²) in [6.07, 6.45) is -14.0. The molecule has 10 unspecified atom stereocenters. The summed E-state index contributed by atoms with van der Waals surface area (Å²) >= 11 is 0. The van der Waals surface area contributed by atoms with Gasteiger partial charge in [-0.15, -0.1) is 0 Å². The Morgan fingerprint density at radius 1 is 0.737 bits per heavy atom. The van der Waals surface area contributed by atoms with E-state index in [0.29, 0.717) is 0 Å². The van der Waals surface area contributed by atoms with Gasteiger partial charge in [0, 0.05) is 34.6 Å². The molecule has 16 heteroatoms. The second-order valence-corrected chi connectivity index (χ2v) is 8.63. The van der Waals surface area contributed by atoms with Gasteiger partial charge in [0.2, 0.25) is 5.91 Å². The average Bonchev–Trinajstić information content (AvgIpc) is 2.79. The third-order valence-corrected chi connectivity index (χ3v) is 5.48. The minimum absolute atomic E-state index is 0.523. The number of rotatable bonds is 9. The first-order chi connectivity index (χ1) is 17.7. The SMILES string of the molecule is CC(=O)NC1C(O)OC(CO)C(O)C1OC1OC(COC(C)=O)C(OC(C)=O)C(OC(C)=O)C1OC(C)=O. The van der Waals surface area contributed by atoms with Crippen LogP contribution in [0.1, 0.15) is 34.6 Å². The van der Waals surface area contributed by atoms with Crippen LogP contribution < -0.4 is 5.32 Å². The monoisotopic (exact) mass is 551 g/mol. The molecule has 0 aromatic heterocycles. The zero-order valence-corrected chi connectivity index (χ0v) is 21.4. The van der Waals surface area contributed by atoms with E-state index in [0.717, 1.165) is 34.6 Å². The lowest BCUT2D eigenvalue weighted by molar-refractivity contribution is -0.343. The van der Waals surface area contributed by atoms with E-state index in [1.807, 2.05) is 0 Å². The fraction of sp³-hybridized carbons (Fsp3) is 0.773. The molecule has 2 saturated heterocycles. The lowest BCUT2D eigenvalue weighted by Crippen LogP contribution is -2.68. The average molecular weight is 551 g/mol. The molecule has 10 atom stereocenters. The topological polar surface area (TPSA) is 223 Å². The zero-order valence-electron chi connectivity index (χ0n) is 21.4. The van der Waals surface area contributed by atoms with Crippen LogP contribution in [0, 0.1) is 0 Å². The van der Waals surface area contributed by atoms with Gasteiger partial charge < -0.3 is 53.8 Å². The van der Waals surface area contributed by atoms with Crippen molar-refractivity contribution in [3.8, 4) is 0 Å². The van der Waals surface area contributed by atoms with Gasteiger partial charge in [0.25, 0.3) is 0 Å². The van der Waals surface area contributed by atoms with Gasteiger partial charge in [-0.3, -0.25) is 24.0 Å². The Balaban J connectivity index is 2.54. The summed E-state index contributed by atoms with van der Waals surface area (Å²) < 4.78 is 37.7. The number of hydrogen-bond acceptors (Lipinski definition) is 15. The van der Waals surface area contributed by atoms with Crippen LogP contribution in [0.2, 0.25) is 0 Å². The highest BCUT2D eigenvalue weighted by molar-refractivity contribution is 5.73. The quantitative estimate of drug-likeness (QED) is 0.166. The van der Waals surface area contributed by atoms with Crippen LogP contribution in [0.4, 0.5) is 0 Å². The Labute approximate surface area is 217 Å². The van der Waals surface area contributed by atoms with E-state index in [9.17, 15) is 39.3 Å². The summed E-state index contributed by atoms with van der Waals surface area (Å²) in [6.45, 7) is 4.10. The molecule has 0 radical (unpaired) electrons. The fourth-order valence-electron chi connectivity index (χ4n) is 4.09. The van der Waals surface area contributed by atoms with Crippen molar-refractivity contribution in [2.45, 2.75) is 96.0 Å². The van der Waals surface area contributed by atoms with E-state index >= 15 is 0 Å². The van der Waals surface area contributed by atoms with Gasteiger partial charge >= 0.3 is 23.9 Å². The van der Waals surface area contributed by atoms with Crippen LogP contribution in [-0.2, 0) is 57.1 Å². The van der Waals surface area contributed by atoms with Gasteiger partial charge in [0.1, 0.15) is 37.1 Å². The van der Waals surface area contributed by atoms with Crippen molar-refractivity contribution in [3.05, 3.63) is 0 Å². The number of ether oxygens (including phenoxy) is 7. The molecule has 2 aliphatic heterocycles. The first-order valence-electron chi connectivity index (χ1n) is 11.6. The Kier molecular flexibility index (Phi) is 11.4. The van der Waals surface area contributed by atoms with Crippen molar-refractivity contribution in [1.29, 1.82) is 0 Å². The van der Waals surface area contributed by atoms with Crippen molar-refractivity contribution < 1.29 is 72.5 Å². The van der Waals surface area contributed by atoms with Crippen LogP contribution in [0.15, 0.2) is 0 Å². The molecule has 0 saturated carbocycles. The molecule has 216 valence electrons. The second-order valence-electron chi connectivity index (χ2n) is 8.63. The Morgan fingerprint density at radius 2 is 1.29 bits per heavy atom. The Bertz CT molecular complexity index is 881. The van der Waals surface area contributed by atoms with Gasteiger partial charge in [-0.25, -0.2) is 0 Å². The van der Waals surface area contributed by atoms with Crippen molar-refractivity contribution in [2.75, 3.05) is 13.2 Å². The van der Waals surface area contributed by atoms with Crippen molar-refractivity contribution >= 4 is 29.8 Å². The van der Waals surface area contributed by atoms with Crippen molar-refractivity contribution in [1.82, 2.24) is 5.32 Å². The molecule has 2 heterocycles. The minimum Gasteiger partial charge on any atom is -0.463 e. The van der Waals surface area contributed by atoms with E-state index in [2.05, 4.69) is 5.32 Å². The standard InChI is InChI=1S/C22H33NO15/c1-8(25)23-15-18(16(30)13(6-24)36-21(15)31)38-22-20(35-12(5)29)19(34-11(4)28)17(33-10(3)27)14(37-22)7-32-9(2)26/h13-22,24,30-31H,6-7H2,1-5H3,(H,23,25). The maximum atomic E-state index is 12.0. The van der Waals surface area contributed by atoms with Crippen LogP contribution >= 0.6 is 0 Å². The third kappa shape index (κ3) is 8.31. The molecule has 1 amide bonds. The third-order valence-electron chi connectivity index (χ3n) is 5.48. The van der Waals surface area contributed by atoms with Crippen LogP contribution in [0.25, 0.3) is 0 Å². The lowest BCUT2D eigenvalue weighted by atomic mass is 9.95. The molecule has 2 fully saturated rings. The van der Waals surface area contributed by atoms with Crippen molar-refractivity contribution in [2.24, 2.45) is 0 Å². The first kappa shape index (κ1) is 31.3.